The van der Waals surface area contributed by atoms with Crippen LogP contribution in [0.2, 0.25) is 0 Å². The minimum atomic E-state index is -1.30. The van der Waals surface area contributed by atoms with Crippen LogP contribution in [0.3, 0.4) is 0 Å². The summed E-state index contributed by atoms with van der Waals surface area (Å²) in [4.78, 5) is 0. The van der Waals surface area contributed by atoms with E-state index in [1.54, 1.807) is 14.2 Å². The molecule has 0 aliphatic heterocycles. The van der Waals surface area contributed by atoms with Gasteiger partial charge in [0.25, 0.3) is 0 Å². The second-order valence-electron chi connectivity index (χ2n) is 5.22. The fourth-order valence-electron chi connectivity index (χ4n) is 2.93. The Labute approximate surface area is 127 Å². The van der Waals surface area contributed by atoms with Gasteiger partial charge in [0.1, 0.15) is 0 Å². The van der Waals surface area contributed by atoms with Crippen molar-refractivity contribution in [2.45, 2.75) is 12.5 Å². The van der Waals surface area contributed by atoms with Gasteiger partial charge in [-0.3, -0.25) is 0 Å². The molecule has 3 rings (SSSR count). The molecule has 0 bridgehead atoms. The lowest BCUT2D eigenvalue weighted by Gasteiger charge is -2.19. The Morgan fingerprint density at radius 3 is 2.10 bits per heavy atom. The fourth-order valence-corrected chi connectivity index (χ4v) is 4.31. The van der Waals surface area contributed by atoms with Crippen molar-refractivity contribution in [3.8, 4) is 0 Å². The molecule has 3 heteroatoms. The van der Waals surface area contributed by atoms with Crippen LogP contribution in [-0.4, -0.2) is 23.5 Å². The van der Waals surface area contributed by atoms with Crippen molar-refractivity contribution in [1.29, 1.82) is 0 Å². The van der Waals surface area contributed by atoms with E-state index in [1.165, 1.54) is 27.1 Å². The maximum atomic E-state index is 5.53. The lowest BCUT2D eigenvalue weighted by atomic mass is 9.98. The number of benzene rings is 3. The van der Waals surface area contributed by atoms with Crippen molar-refractivity contribution < 1.29 is 8.85 Å². The summed E-state index contributed by atoms with van der Waals surface area (Å²) in [5.41, 5.74) is 1.57. The summed E-state index contributed by atoms with van der Waals surface area (Å²) in [6, 6.07) is 19.5. The van der Waals surface area contributed by atoms with Crippen LogP contribution in [0.5, 0.6) is 0 Å². The summed E-state index contributed by atoms with van der Waals surface area (Å²) in [6.45, 7) is 2.19. The quantitative estimate of drug-likeness (QED) is 0.524. The summed E-state index contributed by atoms with van der Waals surface area (Å²) >= 11 is 0. The molecule has 0 aliphatic rings. The topological polar surface area (TPSA) is 18.5 Å². The first-order chi connectivity index (χ1) is 10.2. The van der Waals surface area contributed by atoms with Crippen molar-refractivity contribution in [2.24, 2.45) is 0 Å². The van der Waals surface area contributed by atoms with Crippen LogP contribution in [0.15, 0.2) is 54.6 Å². The number of rotatable bonds is 4. The van der Waals surface area contributed by atoms with Gasteiger partial charge in [-0.15, -0.1) is 0 Å². The van der Waals surface area contributed by atoms with E-state index in [0.29, 0.717) is 0 Å². The molecule has 0 spiro atoms. The van der Waals surface area contributed by atoms with Crippen LogP contribution in [0.4, 0.5) is 0 Å². The van der Waals surface area contributed by atoms with E-state index < -0.39 is 9.28 Å². The molecular formula is C18H19O2Si. The second kappa shape index (κ2) is 5.98. The van der Waals surface area contributed by atoms with Gasteiger partial charge >= 0.3 is 9.28 Å². The van der Waals surface area contributed by atoms with Gasteiger partial charge in [-0.2, -0.15) is 0 Å². The third-order valence-corrected chi connectivity index (χ3v) is 5.83. The second-order valence-corrected chi connectivity index (χ2v) is 7.54. The maximum Gasteiger partial charge on any atom is 0.391 e. The molecular weight excluding hydrogens is 276 g/mol. The number of hydrogen-bond acceptors (Lipinski definition) is 2. The molecule has 0 amide bonds. The van der Waals surface area contributed by atoms with E-state index in [1.807, 2.05) is 0 Å². The molecule has 0 fully saturated rings. The van der Waals surface area contributed by atoms with Crippen molar-refractivity contribution in [3.63, 3.8) is 0 Å². The third kappa shape index (κ3) is 2.60. The van der Waals surface area contributed by atoms with Crippen LogP contribution in [0.25, 0.3) is 21.5 Å². The molecule has 21 heavy (non-hydrogen) atoms. The molecule has 0 aliphatic carbocycles. The van der Waals surface area contributed by atoms with Gasteiger partial charge in [-0.1, -0.05) is 49.4 Å². The zero-order chi connectivity index (χ0) is 14.8. The van der Waals surface area contributed by atoms with E-state index in [0.717, 1.165) is 0 Å². The average molecular weight is 295 g/mol. The Morgan fingerprint density at radius 2 is 1.43 bits per heavy atom. The maximum absolute atomic E-state index is 5.53. The van der Waals surface area contributed by atoms with E-state index in [-0.39, 0.29) is 5.54 Å². The van der Waals surface area contributed by atoms with Gasteiger partial charge in [-0.05, 0) is 39.2 Å². The first-order valence-corrected chi connectivity index (χ1v) is 8.50. The van der Waals surface area contributed by atoms with E-state index in [4.69, 9.17) is 8.85 Å². The van der Waals surface area contributed by atoms with E-state index in [9.17, 15) is 0 Å². The van der Waals surface area contributed by atoms with Gasteiger partial charge in [0.05, 0.1) is 0 Å². The molecule has 1 radical (unpaired) electrons. The molecule has 0 heterocycles. The van der Waals surface area contributed by atoms with Crippen LogP contribution < -0.4 is 0 Å². The monoisotopic (exact) mass is 295 g/mol. The van der Waals surface area contributed by atoms with Gasteiger partial charge in [-0.25, -0.2) is 0 Å². The Kier molecular flexibility index (Phi) is 4.06. The minimum absolute atomic E-state index is 0.273. The highest BCUT2D eigenvalue weighted by Gasteiger charge is 2.25. The SMILES string of the molecule is CO[Si](OC)C(C)c1cccc2cc3ccccc3cc12. The highest BCUT2D eigenvalue weighted by atomic mass is 28.3. The smallest absolute Gasteiger partial charge is 0.391 e. The third-order valence-electron chi connectivity index (χ3n) is 4.00. The Balaban J connectivity index is 2.21. The Morgan fingerprint density at radius 1 is 0.810 bits per heavy atom. The van der Waals surface area contributed by atoms with E-state index >= 15 is 0 Å². The highest BCUT2D eigenvalue weighted by molar-refractivity contribution is 6.46. The lowest BCUT2D eigenvalue weighted by Crippen LogP contribution is -2.27. The molecule has 3 aromatic rings. The zero-order valence-electron chi connectivity index (χ0n) is 12.6. The molecule has 1 atom stereocenters. The summed E-state index contributed by atoms with van der Waals surface area (Å²) < 4.78 is 11.1. The van der Waals surface area contributed by atoms with Gasteiger partial charge in [0, 0.05) is 19.8 Å². The Bertz CT molecular complexity index is 765. The van der Waals surface area contributed by atoms with Crippen molar-refractivity contribution in [3.05, 3.63) is 60.2 Å². The van der Waals surface area contributed by atoms with E-state index in [2.05, 4.69) is 61.5 Å². The minimum Gasteiger partial charge on any atom is -0.396 e. The van der Waals surface area contributed by atoms with Crippen molar-refractivity contribution >= 4 is 30.8 Å². The Hall–Kier alpha value is -1.68. The first kappa shape index (κ1) is 14.3. The number of hydrogen-bond donors (Lipinski definition) is 0. The molecule has 0 saturated heterocycles. The summed E-state index contributed by atoms with van der Waals surface area (Å²) in [6.07, 6.45) is 0. The fraction of sp³-hybridized carbons (Fsp3) is 0.222. The largest absolute Gasteiger partial charge is 0.396 e. The highest BCUT2D eigenvalue weighted by Crippen LogP contribution is 2.30. The standard InChI is InChI=1S/C18H19O2Si/c1-13(21(19-2)20-3)17-10-6-9-16-11-14-7-4-5-8-15(14)12-18(16)17/h4-13H,1-3H3. The lowest BCUT2D eigenvalue weighted by molar-refractivity contribution is 0.269. The van der Waals surface area contributed by atoms with Crippen LogP contribution in [0, 0.1) is 0 Å². The van der Waals surface area contributed by atoms with Crippen LogP contribution in [-0.2, 0) is 8.85 Å². The average Bonchev–Trinajstić information content (AvgIpc) is 2.53. The summed E-state index contributed by atoms with van der Waals surface area (Å²) in [5.74, 6) is 0. The molecule has 0 aromatic heterocycles. The van der Waals surface area contributed by atoms with Crippen molar-refractivity contribution in [1.82, 2.24) is 0 Å². The molecule has 0 saturated carbocycles. The molecule has 107 valence electrons. The predicted octanol–water partition coefficient (Wildman–Crippen LogP) is 4.42. The normalized spacial score (nSPS) is 13.1. The molecule has 1 unspecified atom stereocenters. The van der Waals surface area contributed by atoms with Gasteiger partial charge < -0.3 is 8.85 Å². The van der Waals surface area contributed by atoms with Gasteiger partial charge in [0.15, 0.2) is 0 Å². The predicted molar refractivity (Wildman–Crippen MR) is 89.6 cm³/mol. The van der Waals surface area contributed by atoms with Crippen LogP contribution in [0.1, 0.15) is 18.0 Å². The number of fused-ring (bicyclic) bond motifs is 2. The molecule has 2 nitrogen and oxygen atoms in total. The molecule has 3 aromatic carbocycles. The summed E-state index contributed by atoms with van der Waals surface area (Å²) in [7, 11) is 2.17. The first-order valence-electron chi connectivity index (χ1n) is 7.11. The summed E-state index contributed by atoms with van der Waals surface area (Å²) in [5, 5.41) is 5.11. The molecule has 0 N–H and O–H groups in total. The van der Waals surface area contributed by atoms with Crippen molar-refractivity contribution in [2.75, 3.05) is 14.2 Å². The van der Waals surface area contributed by atoms with Gasteiger partial charge in [0.2, 0.25) is 0 Å². The zero-order valence-corrected chi connectivity index (χ0v) is 13.6. The van der Waals surface area contributed by atoms with Crippen LogP contribution >= 0.6 is 0 Å².